The molecule has 0 unspecified atom stereocenters. The number of aromatic amines is 1. The van der Waals surface area contributed by atoms with Gasteiger partial charge in [-0.25, -0.2) is 9.48 Å². The minimum atomic E-state index is -0.521. The lowest BCUT2D eigenvalue weighted by molar-refractivity contribution is 0.101. The minimum absolute atomic E-state index is 0.0629. The number of anilines is 1. The number of para-hydroxylation sites is 3. The van der Waals surface area contributed by atoms with Gasteiger partial charge in [0.05, 0.1) is 5.69 Å². The predicted molar refractivity (Wildman–Crippen MR) is 84.7 cm³/mol. The summed E-state index contributed by atoms with van der Waals surface area (Å²) in [5, 5.41) is 6.49. The summed E-state index contributed by atoms with van der Waals surface area (Å²) in [5.74, 6) is 0.560. The van der Waals surface area contributed by atoms with Crippen molar-refractivity contribution < 1.29 is 9.53 Å². The van der Waals surface area contributed by atoms with Crippen LogP contribution in [0, 0.1) is 0 Å². The van der Waals surface area contributed by atoms with E-state index in [1.807, 2.05) is 30.3 Å². The SMILES string of the molecule is Cn1nc(C(=O)Nc2ccccc2Oc2ccccc2)[nH]c1=O. The molecule has 0 aliphatic heterocycles. The zero-order valence-corrected chi connectivity index (χ0v) is 12.3. The molecule has 2 N–H and O–H groups in total. The van der Waals surface area contributed by atoms with Gasteiger partial charge in [-0.3, -0.25) is 9.78 Å². The van der Waals surface area contributed by atoms with E-state index in [1.165, 1.54) is 7.05 Å². The molecule has 0 spiro atoms. The van der Waals surface area contributed by atoms with Gasteiger partial charge in [0.1, 0.15) is 5.75 Å². The van der Waals surface area contributed by atoms with E-state index in [9.17, 15) is 9.59 Å². The molecule has 3 aromatic rings. The van der Waals surface area contributed by atoms with Crippen molar-refractivity contribution in [3.63, 3.8) is 0 Å². The van der Waals surface area contributed by atoms with Crippen LogP contribution in [0.5, 0.6) is 11.5 Å². The number of aromatic nitrogens is 3. The van der Waals surface area contributed by atoms with E-state index in [2.05, 4.69) is 15.4 Å². The molecule has 0 atom stereocenters. The number of H-pyrrole nitrogens is 1. The highest BCUT2D eigenvalue weighted by Crippen LogP contribution is 2.29. The van der Waals surface area contributed by atoms with Gasteiger partial charge in [-0.1, -0.05) is 30.3 Å². The number of hydrogen-bond donors (Lipinski definition) is 2. The standard InChI is InChI=1S/C16H14N4O3/c1-20-16(22)18-14(19-20)15(21)17-12-9-5-6-10-13(12)23-11-7-3-2-4-8-11/h2-10H,1H3,(H,17,21)(H,18,19,22). The zero-order chi connectivity index (χ0) is 16.2. The Morgan fingerprint density at radius 3 is 2.52 bits per heavy atom. The summed E-state index contributed by atoms with van der Waals surface area (Å²) in [6.07, 6.45) is 0. The van der Waals surface area contributed by atoms with Gasteiger partial charge in [0.15, 0.2) is 5.75 Å². The van der Waals surface area contributed by atoms with E-state index in [-0.39, 0.29) is 5.82 Å². The Morgan fingerprint density at radius 2 is 1.83 bits per heavy atom. The van der Waals surface area contributed by atoms with Crippen molar-refractivity contribution >= 4 is 11.6 Å². The van der Waals surface area contributed by atoms with Gasteiger partial charge in [-0.2, -0.15) is 0 Å². The van der Waals surface area contributed by atoms with E-state index in [0.29, 0.717) is 17.2 Å². The van der Waals surface area contributed by atoms with Gasteiger partial charge in [0.25, 0.3) is 5.91 Å². The van der Waals surface area contributed by atoms with E-state index >= 15 is 0 Å². The lowest BCUT2D eigenvalue weighted by Crippen LogP contribution is -2.15. The number of aryl methyl sites for hydroxylation is 1. The van der Waals surface area contributed by atoms with Crippen LogP contribution >= 0.6 is 0 Å². The second-order valence-electron chi connectivity index (χ2n) is 4.77. The van der Waals surface area contributed by atoms with Gasteiger partial charge >= 0.3 is 5.69 Å². The fraction of sp³-hybridized carbons (Fsp3) is 0.0625. The van der Waals surface area contributed by atoms with Crippen LogP contribution in [-0.4, -0.2) is 20.7 Å². The van der Waals surface area contributed by atoms with Crippen LogP contribution in [0.2, 0.25) is 0 Å². The molecule has 0 aliphatic carbocycles. The van der Waals surface area contributed by atoms with Crippen LogP contribution in [0.3, 0.4) is 0 Å². The van der Waals surface area contributed by atoms with Crippen LogP contribution in [0.25, 0.3) is 0 Å². The fourth-order valence-electron chi connectivity index (χ4n) is 1.96. The molecule has 3 rings (SSSR count). The molecule has 0 fully saturated rings. The molecule has 2 aromatic carbocycles. The lowest BCUT2D eigenvalue weighted by atomic mass is 10.3. The second-order valence-corrected chi connectivity index (χ2v) is 4.77. The maximum atomic E-state index is 12.2. The van der Waals surface area contributed by atoms with Gasteiger partial charge in [0, 0.05) is 7.05 Å². The number of amides is 1. The Bertz CT molecular complexity index is 884. The Balaban J connectivity index is 1.83. The van der Waals surface area contributed by atoms with Crippen LogP contribution < -0.4 is 15.7 Å². The summed E-state index contributed by atoms with van der Waals surface area (Å²) < 4.78 is 6.82. The molecule has 116 valence electrons. The molecule has 0 saturated carbocycles. The highest BCUT2D eigenvalue weighted by Gasteiger charge is 2.14. The number of rotatable bonds is 4. The largest absolute Gasteiger partial charge is 0.455 e. The third-order valence-electron chi connectivity index (χ3n) is 3.09. The normalized spacial score (nSPS) is 10.3. The molecular formula is C16H14N4O3. The molecular weight excluding hydrogens is 296 g/mol. The highest BCUT2D eigenvalue weighted by atomic mass is 16.5. The van der Waals surface area contributed by atoms with Crippen LogP contribution in [-0.2, 0) is 7.05 Å². The summed E-state index contributed by atoms with van der Waals surface area (Å²) in [4.78, 5) is 25.9. The van der Waals surface area contributed by atoms with Crippen molar-refractivity contribution in [2.75, 3.05) is 5.32 Å². The number of hydrogen-bond acceptors (Lipinski definition) is 4. The third-order valence-corrected chi connectivity index (χ3v) is 3.09. The topological polar surface area (TPSA) is 89.0 Å². The smallest absolute Gasteiger partial charge is 0.343 e. The Kier molecular flexibility index (Phi) is 3.92. The number of nitrogens with one attached hydrogen (secondary N) is 2. The number of ether oxygens (including phenoxy) is 1. The van der Waals surface area contributed by atoms with Crippen LogP contribution in [0.1, 0.15) is 10.6 Å². The molecule has 0 saturated heterocycles. The molecule has 0 bridgehead atoms. The molecule has 0 radical (unpaired) electrons. The van der Waals surface area contributed by atoms with Crippen molar-refractivity contribution in [2.24, 2.45) is 7.05 Å². The van der Waals surface area contributed by atoms with Crippen molar-refractivity contribution in [3.8, 4) is 11.5 Å². The maximum absolute atomic E-state index is 12.2. The van der Waals surface area contributed by atoms with Gasteiger partial charge in [-0.05, 0) is 24.3 Å². The van der Waals surface area contributed by atoms with Crippen molar-refractivity contribution in [2.45, 2.75) is 0 Å². The zero-order valence-electron chi connectivity index (χ0n) is 12.3. The maximum Gasteiger partial charge on any atom is 0.343 e. The molecule has 7 nitrogen and oxygen atoms in total. The number of carbonyl (C=O) groups is 1. The number of benzene rings is 2. The fourth-order valence-corrected chi connectivity index (χ4v) is 1.96. The summed E-state index contributed by atoms with van der Waals surface area (Å²) >= 11 is 0. The summed E-state index contributed by atoms with van der Waals surface area (Å²) in [5.41, 5.74) is 0.0248. The minimum Gasteiger partial charge on any atom is -0.455 e. The Morgan fingerprint density at radius 1 is 1.13 bits per heavy atom. The van der Waals surface area contributed by atoms with Crippen molar-refractivity contribution in [3.05, 3.63) is 70.9 Å². The first-order valence-electron chi connectivity index (χ1n) is 6.90. The highest BCUT2D eigenvalue weighted by molar-refractivity contribution is 6.02. The number of carbonyl (C=O) groups excluding carboxylic acids is 1. The first-order valence-corrected chi connectivity index (χ1v) is 6.90. The predicted octanol–water partition coefficient (Wildman–Crippen LogP) is 2.15. The summed E-state index contributed by atoms with van der Waals surface area (Å²) in [6, 6.07) is 16.2. The molecule has 1 heterocycles. The van der Waals surface area contributed by atoms with E-state index < -0.39 is 11.6 Å². The summed E-state index contributed by atoms with van der Waals surface area (Å²) in [7, 11) is 1.46. The van der Waals surface area contributed by atoms with E-state index in [0.717, 1.165) is 4.68 Å². The Hall–Kier alpha value is -3.35. The van der Waals surface area contributed by atoms with E-state index in [1.54, 1.807) is 24.3 Å². The monoisotopic (exact) mass is 310 g/mol. The summed E-state index contributed by atoms with van der Waals surface area (Å²) in [6.45, 7) is 0. The second kappa shape index (κ2) is 6.18. The third kappa shape index (κ3) is 3.29. The molecule has 1 aromatic heterocycles. The first-order chi connectivity index (χ1) is 11.1. The van der Waals surface area contributed by atoms with Crippen LogP contribution in [0.15, 0.2) is 59.4 Å². The average Bonchev–Trinajstić information content (AvgIpc) is 2.90. The van der Waals surface area contributed by atoms with Crippen LogP contribution in [0.4, 0.5) is 5.69 Å². The first kappa shape index (κ1) is 14.6. The van der Waals surface area contributed by atoms with Gasteiger partial charge in [0.2, 0.25) is 5.82 Å². The molecule has 1 amide bonds. The Labute approximate surface area is 131 Å². The molecule has 7 heteroatoms. The molecule has 23 heavy (non-hydrogen) atoms. The van der Waals surface area contributed by atoms with E-state index in [4.69, 9.17) is 4.74 Å². The average molecular weight is 310 g/mol. The number of nitrogens with zero attached hydrogens (tertiary/aromatic N) is 2. The van der Waals surface area contributed by atoms with Gasteiger partial charge < -0.3 is 10.1 Å². The molecule has 0 aliphatic rings. The van der Waals surface area contributed by atoms with Crippen molar-refractivity contribution in [1.29, 1.82) is 0 Å². The van der Waals surface area contributed by atoms with Crippen molar-refractivity contribution in [1.82, 2.24) is 14.8 Å². The lowest BCUT2D eigenvalue weighted by Gasteiger charge is -2.11. The quantitative estimate of drug-likeness (QED) is 0.772. The van der Waals surface area contributed by atoms with Gasteiger partial charge in [-0.15, -0.1) is 5.10 Å².